The third-order valence-corrected chi connectivity index (χ3v) is 6.73. The first kappa shape index (κ1) is 37.0. The summed E-state index contributed by atoms with van der Waals surface area (Å²) >= 11 is 0. The largest absolute Gasteiger partial charge is 0.461 e. The van der Waals surface area contributed by atoms with Gasteiger partial charge in [0.1, 0.15) is 26.4 Å². The van der Waals surface area contributed by atoms with E-state index in [1.165, 1.54) is 0 Å². The van der Waals surface area contributed by atoms with Gasteiger partial charge in [-0.1, -0.05) is 27.7 Å². The van der Waals surface area contributed by atoms with Gasteiger partial charge in [-0.15, -0.1) is 0 Å². The molecule has 0 bridgehead atoms. The van der Waals surface area contributed by atoms with Crippen LogP contribution in [0.25, 0.3) is 0 Å². The van der Waals surface area contributed by atoms with Crippen LogP contribution in [0.4, 0.5) is 21.0 Å². The van der Waals surface area contributed by atoms with Crippen LogP contribution in [0.3, 0.4) is 0 Å². The van der Waals surface area contributed by atoms with Crippen LogP contribution < -0.4 is 10.6 Å². The predicted octanol–water partition coefficient (Wildman–Crippen LogP) is 4.50. The molecule has 0 unspecified atom stereocenters. The number of esters is 2. The Bertz CT molecular complexity index is 1080. The van der Waals surface area contributed by atoms with Gasteiger partial charge in [0.05, 0.1) is 24.3 Å². The van der Waals surface area contributed by atoms with Crippen molar-refractivity contribution in [2.24, 2.45) is 0 Å². The first-order valence-electron chi connectivity index (χ1n) is 15.2. The number of hydrogen-bond donors (Lipinski definition) is 2. The molecule has 0 aromatic heterocycles. The van der Waals surface area contributed by atoms with E-state index in [2.05, 4.69) is 48.1 Å². The molecule has 2 aromatic rings. The molecule has 45 heavy (non-hydrogen) atoms. The molecule has 0 fully saturated rings. The molecule has 0 saturated heterocycles. The van der Waals surface area contributed by atoms with Gasteiger partial charge in [-0.25, -0.2) is 19.2 Å². The number of amides is 2. The predicted molar refractivity (Wildman–Crippen MR) is 170 cm³/mol. The molecule has 2 N–H and O–H groups in total. The summed E-state index contributed by atoms with van der Waals surface area (Å²) in [4.78, 5) is 52.7. The lowest BCUT2D eigenvalue weighted by molar-refractivity contribution is 0.0457. The highest BCUT2D eigenvalue weighted by Gasteiger charge is 2.11. The number of nitrogens with one attached hydrogen (secondary N) is 2. The van der Waals surface area contributed by atoms with Crippen LogP contribution in [-0.2, 0) is 23.7 Å². The molecule has 0 aliphatic carbocycles. The SMILES string of the molecule is CCN(CC)CCOC(=O)c1ccc(NC(=O)OCCOCCOC(=O)Nc2ccc(C(=O)OCCN(CC)CC)cc2)cc1. The second-order valence-electron chi connectivity index (χ2n) is 9.61. The van der Waals surface area contributed by atoms with E-state index in [-0.39, 0.29) is 26.4 Å². The van der Waals surface area contributed by atoms with Crippen molar-refractivity contribution in [2.75, 3.05) is 89.5 Å². The Hall–Kier alpha value is -4.20. The van der Waals surface area contributed by atoms with Crippen LogP contribution in [0, 0.1) is 0 Å². The molecule has 0 radical (unpaired) electrons. The molecule has 0 atom stereocenters. The molecule has 0 saturated carbocycles. The average Bonchev–Trinajstić information content (AvgIpc) is 3.05. The lowest BCUT2D eigenvalue weighted by atomic mass is 10.2. The number of nitrogens with zero attached hydrogens (tertiary/aromatic N) is 2. The lowest BCUT2D eigenvalue weighted by Gasteiger charge is -2.17. The molecule has 2 rings (SSSR count). The molecule has 2 amide bonds. The molecular weight excluding hydrogens is 584 g/mol. The van der Waals surface area contributed by atoms with Gasteiger partial charge >= 0.3 is 24.1 Å². The van der Waals surface area contributed by atoms with E-state index in [4.69, 9.17) is 23.7 Å². The zero-order valence-electron chi connectivity index (χ0n) is 26.7. The molecule has 2 aromatic carbocycles. The van der Waals surface area contributed by atoms with Crippen molar-refractivity contribution < 1.29 is 42.9 Å². The minimum absolute atomic E-state index is 0.0147. The number of carbonyl (C=O) groups excluding carboxylic acids is 4. The molecule has 0 aliphatic heterocycles. The number of benzene rings is 2. The maximum Gasteiger partial charge on any atom is 0.411 e. The molecule has 248 valence electrons. The Kier molecular flexibility index (Phi) is 17.7. The molecule has 13 nitrogen and oxygen atoms in total. The maximum atomic E-state index is 12.2. The number of likely N-dealkylation sites (N-methyl/N-ethyl adjacent to an activating group) is 2. The molecule has 0 aliphatic rings. The van der Waals surface area contributed by atoms with Gasteiger partial charge < -0.3 is 33.5 Å². The van der Waals surface area contributed by atoms with E-state index in [1.807, 2.05) is 0 Å². The van der Waals surface area contributed by atoms with E-state index in [9.17, 15) is 19.2 Å². The zero-order valence-corrected chi connectivity index (χ0v) is 26.7. The van der Waals surface area contributed by atoms with E-state index in [0.717, 1.165) is 26.2 Å². The Morgan fingerprint density at radius 1 is 0.511 bits per heavy atom. The van der Waals surface area contributed by atoms with Crippen molar-refractivity contribution in [1.29, 1.82) is 0 Å². The summed E-state index contributed by atoms with van der Waals surface area (Å²) in [6.07, 6.45) is -1.36. The number of hydrogen-bond acceptors (Lipinski definition) is 11. The summed E-state index contributed by atoms with van der Waals surface area (Å²) < 4.78 is 26.1. The Morgan fingerprint density at radius 3 is 1.20 bits per heavy atom. The van der Waals surface area contributed by atoms with Gasteiger partial charge in [0, 0.05) is 24.5 Å². The number of rotatable bonds is 20. The highest BCUT2D eigenvalue weighted by molar-refractivity contribution is 5.91. The van der Waals surface area contributed by atoms with E-state index >= 15 is 0 Å². The first-order valence-corrected chi connectivity index (χ1v) is 15.2. The van der Waals surface area contributed by atoms with Crippen LogP contribution in [-0.4, -0.2) is 113 Å². The summed E-state index contributed by atoms with van der Waals surface area (Å²) in [7, 11) is 0. The van der Waals surface area contributed by atoms with Crippen molar-refractivity contribution in [2.45, 2.75) is 27.7 Å². The minimum atomic E-state index is -0.678. The van der Waals surface area contributed by atoms with Crippen LogP contribution in [0.1, 0.15) is 48.4 Å². The van der Waals surface area contributed by atoms with Crippen molar-refractivity contribution >= 4 is 35.5 Å². The van der Waals surface area contributed by atoms with E-state index in [0.29, 0.717) is 48.8 Å². The summed E-state index contributed by atoms with van der Waals surface area (Å²) in [5.74, 6) is -0.853. The standard InChI is InChI=1S/C32H46N4O9/c1-5-35(6-2)17-19-42-29(37)25-9-13-27(14-10-25)33-31(39)44-23-21-41-22-24-45-32(40)34-28-15-11-26(12-16-28)30(38)43-20-18-36(7-3)8-4/h9-16H,5-8,17-24H2,1-4H3,(H,33,39)(H,34,40). The maximum absolute atomic E-state index is 12.2. The minimum Gasteiger partial charge on any atom is -0.461 e. The van der Waals surface area contributed by atoms with Gasteiger partial charge in [-0.3, -0.25) is 10.6 Å². The van der Waals surface area contributed by atoms with Gasteiger partial charge in [-0.05, 0) is 74.7 Å². The average molecular weight is 631 g/mol. The summed E-state index contributed by atoms with van der Waals surface area (Å²) in [6, 6.07) is 12.6. The number of ether oxygens (including phenoxy) is 5. The fourth-order valence-corrected chi connectivity index (χ4v) is 3.96. The van der Waals surface area contributed by atoms with Gasteiger partial charge in [0.15, 0.2) is 0 Å². The third kappa shape index (κ3) is 14.9. The molecule has 0 spiro atoms. The Labute approximate surface area is 265 Å². The summed E-state index contributed by atoms with van der Waals surface area (Å²) in [6.45, 7) is 13.9. The third-order valence-electron chi connectivity index (χ3n) is 6.73. The van der Waals surface area contributed by atoms with Crippen molar-refractivity contribution in [1.82, 2.24) is 9.80 Å². The van der Waals surface area contributed by atoms with Crippen LogP contribution >= 0.6 is 0 Å². The van der Waals surface area contributed by atoms with Crippen molar-refractivity contribution in [3.8, 4) is 0 Å². The quantitative estimate of drug-likeness (QED) is 0.121. The van der Waals surface area contributed by atoms with Gasteiger partial charge in [0.2, 0.25) is 0 Å². The lowest BCUT2D eigenvalue weighted by Crippen LogP contribution is -2.27. The monoisotopic (exact) mass is 630 g/mol. The number of carbonyl (C=O) groups is 4. The summed E-state index contributed by atoms with van der Waals surface area (Å²) in [5.41, 5.74) is 1.69. The fraction of sp³-hybridized carbons (Fsp3) is 0.500. The second-order valence-corrected chi connectivity index (χ2v) is 9.61. The topological polar surface area (TPSA) is 145 Å². The Balaban J connectivity index is 1.55. The van der Waals surface area contributed by atoms with E-state index < -0.39 is 24.1 Å². The summed E-state index contributed by atoms with van der Waals surface area (Å²) in [5, 5.41) is 5.14. The van der Waals surface area contributed by atoms with Crippen molar-refractivity contribution in [3.05, 3.63) is 59.7 Å². The van der Waals surface area contributed by atoms with Crippen LogP contribution in [0.5, 0.6) is 0 Å². The smallest absolute Gasteiger partial charge is 0.411 e. The normalized spacial score (nSPS) is 10.8. The zero-order chi connectivity index (χ0) is 32.9. The molecule has 13 heteroatoms. The number of anilines is 2. The fourth-order valence-electron chi connectivity index (χ4n) is 3.96. The molecule has 0 heterocycles. The van der Waals surface area contributed by atoms with Crippen LogP contribution in [0.2, 0.25) is 0 Å². The first-order chi connectivity index (χ1) is 21.8. The highest BCUT2D eigenvalue weighted by Crippen LogP contribution is 2.12. The molecular formula is C32H46N4O9. The second kappa shape index (κ2) is 21.5. The van der Waals surface area contributed by atoms with Crippen molar-refractivity contribution in [3.63, 3.8) is 0 Å². The van der Waals surface area contributed by atoms with Gasteiger partial charge in [0.25, 0.3) is 0 Å². The highest BCUT2D eigenvalue weighted by atomic mass is 16.6. The van der Waals surface area contributed by atoms with E-state index in [1.54, 1.807) is 48.5 Å². The van der Waals surface area contributed by atoms with Gasteiger partial charge in [-0.2, -0.15) is 0 Å². The van der Waals surface area contributed by atoms with Crippen LogP contribution in [0.15, 0.2) is 48.5 Å². The Morgan fingerprint density at radius 2 is 0.867 bits per heavy atom.